The number of benzene rings is 4. The van der Waals surface area contributed by atoms with Crippen molar-refractivity contribution in [2.24, 2.45) is 0 Å². The average Bonchev–Trinajstić information content (AvgIpc) is 3.65. The normalized spacial score (nSPS) is 12.0. The zero-order valence-corrected chi connectivity index (χ0v) is 25.5. The molecule has 0 aliphatic heterocycles. The molecule has 9 aromatic rings. The molecule has 5 heterocycles. The molecule has 7 heteroatoms. The lowest BCUT2D eigenvalue weighted by Gasteiger charge is -2.22. The van der Waals surface area contributed by atoms with E-state index in [4.69, 9.17) is 4.98 Å². The number of aromatic nitrogens is 5. The first-order valence-electron chi connectivity index (χ1n) is 15.1. The topological polar surface area (TPSA) is 65.6 Å². The Hall–Kier alpha value is -5.84. The Morgan fingerprint density at radius 2 is 0.848 bits per heavy atom. The van der Waals surface area contributed by atoms with E-state index in [0.717, 1.165) is 54.2 Å². The van der Waals surface area contributed by atoms with Crippen molar-refractivity contribution < 1.29 is 4.57 Å². The molecule has 0 unspecified atom stereocenters. The van der Waals surface area contributed by atoms with Gasteiger partial charge in [0.25, 0.3) is 0 Å². The third kappa shape index (κ3) is 3.91. The minimum absolute atomic E-state index is 0.661. The Labute approximate surface area is 264 Å². The summed E-state index contributed by atoms with van der Waals surface area (Å²) >= 11 is 0. The molecule has 0 saturated carbocycles. The number of rotatable bonds is 5. The molecule has 0 N–H and O–H groups in total. The van der Waals surface area contributed by atoms with Crippen LogP contribution in [0.2, 0.25) is 0 Å². The number of pyridine rings is 3. The molecule has 0 saturated heterocycles. The fraction of sp³-hybridized carbons (Fsp3) is 0. The van der Waals surface area contributed by atoms with Crippen molar-refractivity contribution in [3.8, 4) is 11.6 Å². The van der Waals surface area contributed by atoms with Crippen molar-refractivity contribution >= 4 is 66.7 Å². The van der Waals surface area contributed by atoms with Gasteiger partial charge in [-0.3, -0.25) is 19.1 Å². The monoisotopic (exact) mass is 611 g/mol. The lowest BCUT2D eigenvalue weighted by Crippen LogP contribution is -2.26. The molecule has 9 rings (SSSR count). The summed E-state index contributed by atoms with van der Waals surface area (Å²) in [6.45, 7) is 0. The van der Waals surface area contributed by atoms with Gasteiger partial charge in [0.1, 0.15) is 11.6 Å². The molecule has 0 amide bonds. The highest BCUT2D eigenvalue weighted by atomic mass is 31.2. The van der Waals surface area contributed by atoms with Crippen LogP contribution in [0.4, 0.5) is 0 Å². The Bertz CT molecular complexity index is 2340. The van der Waals surface area contributed by atoms with E-state index in [-0.39, 0.29) is 0 Å². The maximum atomic E-state index is 15.8. The number of hydrogen-bond acceptors (Lipinski definition) is 4. The predicted octanol–water partition coefficient (Wildman–Crippen LogP) is 7.71. The molecule has 5 aromatic heterocycles. The van der Waals surface area contributed by atoms with E-state index in [1.807, 2.05) is 134 Å². The Kier molecular flexibility index (Phi) is 5.99. The van der Waals surface area contributed by atoms with Crippen molar-refractivity contribution in [1.82, 2.24) is 24.1 Å². The Morgan fingerprint density at radius 1 is 0.435 bits per heavy atom. The summed E-state index contributed by atoms with van der Waals surface area (Å²) in [5, 5.41) is 6.57. The van der Waals surface area contributed by atoms with Gasteiger partial charge in [0.05, 0.1) is 34.5 Å². The number of hydrogen-bond donors (Lipinski definition) is 0. The van der Waals surface area contributed by atoms with E-state index in [2.05, 4.69) is 43.4 Å². The van der Waals surface area contributed by atoms with E-state index in [0.29, 0.717) is 16.9 Å². The molecule has 0 radical (unpaired) electrons. The number of nitrogens with zero attached hydrogens (tertiary/aromatic N) is 5. The van der Waals surface area contributed by atoms with Crippen LogP contribution in [0.5, 0.6) is 0 Å². The smallest absolute Gasteiger partial charge is 0.171 e. The van der Waals surface area contributed by atoms with Gasteiger partial charge in [-0.05, 0) is 36.4 Å². The molecular weight excluding hydrogens is 585 g/mol. The van der Waals surface area contributed by atoms with Crippen molar-refractivity contribution in [2.45, 2.75) is 0 Å². The SMILES string of the molecule is O=P(c1ccccc1)(c1ccccc1)c1cc(-n2c3ccccc3c3ccncc32)nc(-n2c3ccccc3c3ccncc32)c1. The first-order chi connectivity index (χ1) is 22.7. The third-order valence-corrected chi connectivity index (χ3v) is 11.8. The first-order valence-corrected chi connectivity index (χ1v) is 16.8. The maximum Gasteiger partial charge on any atom is 0.171 e. The van der Waals surface area contributed by atoms with Crippen LogP contribution in [-0.2, 0) is 4.57 Å². The highest BCUT2D eigenvalue weighted by molar-refractivity contribution is 7.85. The molecule has 6 nitrogen and oxygen atoms in total. The minimum Gasteiger partial charge on any atom is -0.309 e. The van der Waals surface area contributed by atoms with Gasteiger partial charge in [-0.25, -0.2) is 4.98 Å². The molecule has 0 aliphatic rings. The molecule has 0 fully saturated rings. The summed E-state index contributed by atoms with van der Waals surface area (Å²) in [5.41, 5.74) is 3.85. The van der Waals surface area contributed by atoms with Crippen molar-refractivity contribution in [2.75, 3.05) is 0 Å². The van der Waals surface area contributed by atoms with E-state index < -0.39 is 7.14 Å². The highest BCUT2D eigenvalue weighted by Crippen LogP contribution is 2.44. The Balaban J connectivity index is 1.45. The van der Waals surface area contributed by atoms with E-state index >= 15 is 4.57 Å². The number of fused-ring (bicyclic) bond motifs is 6. The lowest BCUT2D eigenvalue weighted by atomic mass is 10.2. The summed E-state index contributed by atoms with van der Waals surface area (Å²) in [5.74, 6) is 1.32. The van der Waals surface area contributed by atoms with E-state index in [1.165, 1.54) is 0 Å². The van der Waals surface area contributed by atoms with Gasteiger partial charge < -0.3 is 4.57 Å². The summed E-state index contributed by atoms with van der Waals surface area (Å²) in [7, 11) is -3.37. The van der Waals surface area contributed by atoms with Crippen LogP contribution in [0.3, 0.4) is 0 Å². The molecule has 4 aromatic carbocycles. The van der Waals surface area contributed by atoms with Crippen LogP contribution < -0.4 is 15.9 Å². The van der Waals surface area contributed by atoms with Gasteiger partial charge in [0, 0.05) is 49.9 Å². The first kappa shape index (κ1) is 26.6. The number of para-hydroxylation sites is 2. The molecule has 0 atom stereocenters. The van der Waals surface area contributed by atoms with Gasteiger partial charge in [-0.1, -0.05) is 97.1 Å². The highest BCUT2D eigenvalue weighted by Gasteiger charge is 2.32. The predicted molar refractivity (Wildman–Crippen MR) is 188 cm³/mol. The van der Waals surface area contributed by atoms with Gasteiger partial charge in [-0.2, -0.15) is 0 Å². The van der Waals surface area contributed by atoms with Gasteiger partial charge in [-0.15, -0.1) is 0 Å². The molecule has 46 heavy (non-hydrogen) atoms. The van der Waals surface area contributed by atoms with Crippen LogP contribution in [0.15, 0.2) is 158 Å². The fourth-order valence-corrected chi connectivity index (χ4v) is 9.43. The average molecular weight is 612 g/mol. The second-order valence-corrected chi connectivity index (χ2v) is 14.1. The standard InChI is InChI=1S/C39H26N5OP/c45-46(27-11-3-1-4-12-27,28-13-5-2-6-14-28)29-23-38(43-34-17-9-7-15-30(34)32-19-21-40-25-36(32)43)42-39(24-29)44-35-18-10-8-16-31(35)33-20-22-41-26-37(33)44/h1-26H. The van der Waals surface area contributed by atoms with Gasteiger partial charge in [0.2, 0.25) is 0 Å². The molecule has 218 valence electrons. The van der Waals surface area contributed by atoms with Gasteiger partial charge >= 0.3 is 0 Å². The summed E-state index contributed by atoms with van der Waals surface area (Å²) in [6.07, 6.45) is 7.39. The van der Waals surface area contributed by atoms with E-state index in [9.17, 15) is 0 Å². The molecule has 0 aliphatic carbocycles. The summed E-state index contributed by atoms with van der Waals surface area (Å²) in [4.78, 5) is 14.4. The summed E-state index contributed by atoms with van der Waals surface area (Å²) < 4.78 is 20.1. The largest absolute Gasteiger partial charge is 0.309 e. The fourth-order valence-electron chi connectivity index (χ4n) is 6.75. The van der Waals surface area contributed by atoms with Gasteiger partial charge in [0.15, 0.2) is 7.14 Å². The van der Waals surface area contributed by atoms with Crippen LogP contribution in [0, 0.1) is 0 Å². The third-order valence-electron chi connectivity index (χ3n) is 8.80. The molecular formula is C39H26N5OP. The lowest BCUT2D eigenvalue weighted by molar-refractivity contribution is 0.592. The van der Waals surface area contributed by atoms with Crippen molar-refractivity contribution in [1.29, 1.82) is 0 Å². The van der Waals surface area contributed by atoms with E-state index in [1.54, 1.807) is 0 Å². The minimum atomic E-state index is -3.37. The quantitative estimate of drug-likeness (QED) is 0.187. The van der Waals surface area contributed by atoms with Crippen LogP contribution in [-0.4, -0.2) is 24.1 Å². The molecule has 0 spiro atoms. The zero-order valence-electron chi connectivity index (χ0n) is 24.6. The Morgan fingerprint density at radius 3 is 1.33 bits per heavy atom. The molecule has 0 bridgehead atoms. The van der Waals surface area contributed by atoms with Crippen molar-refractivity contribution in [3.63, 3.8) is 0 Å². The maximum absolute atomic E-state index is 15.8. The second-order valence-electron chi connectivity index (χ2n) is 11.3. The summed E-state index contributed by atoms with van der Waals surface area (Å²) in [6, 6.07) is 44.2. The second kappa shape index (κ2) is 10.4. The van der Waals surface area contributed by atoms with Crippen LogP contribution >= 0.6 is 7.14 Å². The van der Waals surface area contributed by atoms with Crippen LogP contribution in [0.1, 0.15) is 0 Å². The zero-order chi connectivity index (χ0) is 30.7. The van der Waals surface area contributed by atoms with Crippen LogP contribution in [0.25, 0.3) is 55.2 Å². The van der Waals surface area contributed by atoms with Crippen molar-refractivity contribution in [3.05, 3.63) is 158 Å².